The minimum Gasteiger partial charge on any atom is -0.496 e. The first-order valence-electron chi connectivity index (χ1n) is 13.4. The van der Waals surface area contributed by atoms with E-state index in [4.69, 9.17) is 21.2 Å². The number of fused-ring (bicyclic) bond motifs is 2. The van der Waals surface area contributed by atoms with E-state index in [-0.39, 0.29) is 40.6 Å². The van der Waals surface area contributed by atoms with Crippen LogP contribution >= 0.6 is 11.6 Å². The van der Waals surface area contributed by atoms with Gasteiger partial charge in [0, 0.05) is 28.9 Å². The number of benzene rings is 3. The quantitative estimate of drug-likeness (QED) is 0.171. The van der Waals surface area contributed by atoms with Gasteiger partial charge in [-0.05, 0) is 61.8 Å². The number of sulfone groups is 1. The number of ether oxygens (including phenoxy) is 1. The molecular formula is C30H28ClF3N2O6S. The molecule has 0 aliphatic heterocycles. The molecule has 2 N–H and O–H groups in total. The molecule has 1 unspecified atom stereocenters. The maximum Gasteiger partial charge on any atom is 0.255 e. The second kappa shape index (κ2) is 12.2. The van der Waals surface area contributed by atoms with Gasteiger partial charge in [-0.15, -0.1) is 0 Å². The lowest BCUT2D eigenvalue weighted by molar-refractivity contribution is 0.0410. The molecular weight excluding hydrogens is 609 g/mol. The number of methoxy groups -OCH3 is 1. The van der Waals surface area contributed by atoms with E-state index in [1.54, 1.807) is 13.2 Å². The van der Waals surface area contributed by atoms with Crippen LogP contribution in [0.3, 0.4) is 0 Å². The van der Waals surface area contributed by atoms with Gasteiger partial charge in [-0.2, -0.15) is 0 Å². The molecule has 1 amide bonds. The molecule has 3 aromatic rings. The van der Waals surface area contributed by atoms with Crippen molar-refractivity contribution < 1.29 is 41.1 Å². The van der Waals surface area contributed by atoms with Gasteiger partial charge in [0.1, 0.15) is 18.0 Å². The van der Waals surface area contributed by atoms with E-state index in [1.165, 1.54) is 18.3 Å². The Labute approximate surface area is 251 Å². The molecule has 0 radical (unpaired) electrons. The Morgan fingerprint density at radius 3 is 2.40 bits per heavy atom. The molecule has 228 valence electrons. The maximum atomic E-state index is 13.9. The lowest BCUT2D eigenvalue weighted by Crippen LogP contribution is -2.47. The highest BCUT2D eigenvalue weighted by Gasteiger charge is 2.54. The van der Waals surface area contributed by atoms with Crippen LogP contribution in [0.2, 0.25) is 5.02 Å². The zero-order valence-corrected chi connectivity index (χ0v) is 24.5. The Morgan fingerprint density at radius 2 is 1.74 bits per heavy atom. The first kappa shape index (κ1) is 30.8. The monoisotopic (exact) mass is 636 g/mol. The van der Waals surface area contributed by atoms with E-state index < -0.39 is 55.9 Å². The number of halogens is 4. The molecule has 2 fully saturated rings. The van der Waals surface area contributed by atoms with Gasteiger partial charge in [0.05, 0.1) is 28.5 Å². The van der Waals surface area contributed by atoms with Crippen molar-refractivity contribution >= 4 is 39.2 Å². The molecule has 2 aliphatic rings. The highest BCUT2D eigenvalue weighted by molar-refractivity contribution is 7.92. The summed E-state index contributed by atoms with van der Waals surface area (Å²) in [7, 11) is -2.53. The highest BCUT2D eigenvalue weighted by Crippen LogP contribution is 2.51. The van der Waals surface area contributed by atoms with E-state index >= 15 is 0 Å². The second-order valence-corrected chi connectivity index (χ2v) is 13.3. The SMILES string of the molecule is COc1ccccc1CO/N=C/[C@]1(O)CC2CC[C@@H](C1)[C@H]2S(=O)(=O)c1cc(C(=O)Nc2cc(F)c(F)c(F)c2)ccc1Cl. The summed E-state index contributed by atoms with van der Waals surface area (Å²) in [5.74, 6) is -5.71. The van der Waals surface area contributed by atoms with Crippen molar-refractivity contribution in [2.75, 3.05) is 12.4 Å². The largest absolute Gasteiger partial charge is 0.496 e. The number of nitrogens with one attached hydrogen (secondary N) is 1. The number of hydrogen-bond acceptors (Lipinski definition) is 7. The van der Waals surface area contributed by atoms with Crippen LogP contribution in [0.5, 0.6) is 5.75 Å². The minimum atomic E-state index is -4.08. The third-order valence-electron chi connectivity index (χ3n) is 7.95. The van der Waals surface area contributed by atoms with E-state index in [2.05, 4.69) is 10.5 Å². The highest BCUT2D eigenvalue weighted by atomic mass is 35.5. The topological polar surface area (TPSA) is 114 Å². The molecule has 3 aromatic carbocycles. The van der Waals surface area contributed by atoms with Gasteiger partial charge in [0.2, 0.25) is 0 Å². The molecule has 4 atom stereocenters. The number of carbonyl (C=O) groups is 1. The molecule has 13 heteroatoms. The van der Waals surface area contributed by atoms with Crippen molar-refractivity contribution in [3.63, 3.8) is 0 Å². The molecule has 8 nitrogen and oxygen atoms in total. The van der Waals surface area contributed by atoms with Gasteiger partial charge in [0.25, 0.3) is 5.91 Å². The van der Waals surface area contributed by atoms with E-state index in [0.29, 0.717) is 30.7 Å². The molecule has 43 heavy (non-hydrogen) atoms. The number of nitrogens with zero attached hydrogens (tertiary/aromatic N) is 1. The number of carbonyl (C=O) groups excluding carboxylic acids is 1. The summed E-state index contributed by atoms with van der Waals surface area (Å²) in [6, 6.07) is 12.1. The maximum absolute atomic E-state index is 13.9. The van der Waals surface area contributed by atoms with Crippen molar-refractivity contribution in [3.8, 4) is 5.75 Å². The Bertz CT molecular complexity index is 1650. The summed E-state index contributed by atoms with van der Waals surface area (Å²) < 4.78 is 73.6. The average Bonchev–Trinajstić information content (AvgIpc) is 3.27. The summed E-state index contributed by atoms with van der Waals surface area (Å²) in [5.41, 5.74) is -1.08. The lowest BCUT2D eigenvalue weighted by Gasteiger charge is -2.38. The minimum absolute atomic E-state index is 0.0954. The van der Waals surface area contributed by atoms with E-state index in [1.807, 2.05) is 18.2 Å². The standard InChI is InChI=1S/C30H28ClF3N2O6S/c1-41-25-5-3-2-4-20(25)15-42-35-16-30(38)13-18-6-7-19(14-30)28(18)43(39,40)26-10-17(8-9-22(26)31)29(37)36-21-11-23(32)27(34)24(33)12-21/h2-5,8-12,16,18-19,28,38H,6-7,13-15H2,1H3,(H,36,37)/b35-16+/t18-,19?,28+,30+/m0/s1. The first-order chi connectivity index (χ1) is 20.4. The summed E-state index contributed by atoms with van der Waals surface area (Å²) in [4.78, 5) is 17.9. The van der Waals surface area contributed by atoms with Gasteiger partial charge < -0.3 is 20.0 Å². The van der Waals surface area contributed by atoms with Crippen LogP contribution in [0.1, 0.15) is 41.6 Å². The predicted molar refractivity (Wildman–Crippen MR) is 153 cm³/mol. The molecule has 0 aromatic heterocycles. The van der Waals surface area contributed by atoms with Crippen molar-refractivity contribution in [2.24, 2.45) is 17.0 Å². The summed E-state index contributed by atoms with van der Waals surface area (Å²) >= 11 is 6.30. The third kappa shape index (κ3) is 6.36. The Kier molecular flexibility index (Phi) is 8.73. The number of anilines is 1. The van der Waals surface area contributed by atoms with E-state index in [9.17, 15) is 31.5 Å². The molecule has 0 spiro atoms. The number of hydrogen-bond donors (Lipinski definition) is 2. The van der Waals surface area contributed by atoms with Crippen molar-refractivity contribution in [3.05, 3.63) is 88.2 Å². The Hall–Kier alpha value is -3.61. The Balaban J connectivity index is 1.30. The van der Waals surface area contributed by atoms with Gasteiger partial charge in [0.15, 0.2) is 27.3 Å². The molecule has 2 bridgehead atoms. The fourth-order valence-electron chi connectivity index (χ4n) is 6.09. The van der Waals surface area contributed by atoms with Crippen LogP contribution < -0.4 is 10.1 Å². The molecule has 0 heterocycles. The Morgan fingerprint density at radius 1 is 1.09 bits per heavy atom. The average molecular weight is 637 g/mol. The number of oxime groups is 1. The fourth-order valence-corrected chi connectivity index (χ4v) is 8.93. The van der Waals surface area contributed by atoms with Crippen LogP contribution in [-0.2, 0) is 21.3 Å². The van der Waals surface area contributed by atoms with Crippen molar-refractivity contribution in [1.29, 1.82) is 0 Å². The molecule has 5 rings (SSSR count). The second-order valence-electron chi connectivity index (χ2n) is 10.8. The van der Waals surface area contributed by atoms with Crippen LogP contribution in [0.15, 0.2) is 64.6 Å². The van der Waals surface area contributed by atoms with Gasteiger partial charge >= 0.3 is 0 Å². The van der Waals surface area contributed by atoms with Crippen LogP contribution in [0.25, 0.3) is 0 Å². The van der Waals surface area contributed by atoms with Gasteiger partial charge in [-0.25, -0.2) is 21.6 Å². The number of amides is 1. The molecule has 2 aliphatic carbocycles. The zero-order valence-electron chi connectivity index (χ0n) is 22.9. The number of aliphatic hydroxyl groups is 1. The summed E-state index contributed by atoms with van der Waals surface area (Å²) in [6.45, 7) is 0.119. The third-order valence-corrected chi connectivity index (χ3v) is 10.8. The van der Waals surface area contributed by atoms with Crippen molar-refractivity contribution in [2.45, 2.75) is 48.0 Å². The molecule has 2 saturated carbocycles. The van der Waals surface area contributed by atoms with Gasteiger partial charge in [-0.3, -0.25) is 4.79 Å². The van der Waals surface area contributed by atoms with Crippen molar-refractivity contribution in [1.82, 2.24) is 0 Å². The van der Waals surface area contributed by atoms with E-state index in [0.717, 1.165) is 11.6 Å². The summed E-state index contributed by atoms with van der Waals surface area (Å²) in [5, 5.41) is 16.5. The predicted octanol–water partition coefficient (Wildman–Crippen LogP) is 5.91. The van der Waals surface area contributed by atoms with Crippen LogP contribution in [-0.4, -0.2) is 43.6 Å². The lowest BCUT2D eigenvalue weighted by atomic mass is 9.78. The first-order valence-corrected chi connectivity index (χ1v) is 15.3. The zero-order chi connectivity index (χ0) is 30.9. The van der Waals surface area contributed by atoms with Crippen LogP contribution in [0, 0.1) is 29.3 Å². The number of rotatable bonds is 9. The molecule has 0 saturated heterocycles. The fraction of sp³-hybridized carbons (Fsp3) is 0.333. The van der Waals surface area contributed by atoms with Crippen LogP contribution in [0.4, 0.5) is 18.9 Å². The van der Waals surface area contributed by atoms with Gasteiger partial charge in [-0.1, -0.05) is 35.0 Å². The summed E-state index contributed by atoms with van der Waals surface area (Å²) in [6.07, 6.45) is 2.71. The number of para-hydroxylation sites is 1. The normalized spacial score (nSPS) is 23.3. The smallest absolute Gasteiger partial charge is 0.255 e.